The maximum absolute atomic E-state index is 12.5. The highest BCUT2D eigenvalue weighted by Crippen LogP contribution is 2.26. The zero-order chi connectivity index (χ0) is 19.3. The van der Waals surface area contributed by atoms with Gasteiger partial charge in [-0.05, 0) is 44.4 Å². The van der Waals surface area contributed by atoms with Crippen LogP contribution in [0.1, 0.15) is 30.6 Å². The summed E-state index contributed by atoms with van der Waals surface area (Å²) in [7, 11) is 4.57. The van der Waals surface area contributed by atoms with Gasteiger partial charge in [0.05, 0.1) is 25.5 Å². The van der Waals surface area contributed by atoms with Crippen molar-refractivity contribution in [2.24, 2.45) is 5.92 Å². The number of hydrogen-bond acceptors (Lipinski definition) is 6. The molecular weight excluding hydrogens is 336 g/mol. The lowest BCUT2D eigenvalue weighted by Crippen LogP contribution is -2.35. The second-order valence-electron chi connectivity index (χ2n) is 6.58. The zero-order valence-corrected chi connectivity index (χ0v) is 16.0. The van der Waals surface area contributed by atoms with Crippen molar-refractivity contribution >= 4 is 17.7 Å². The first-order chi connectivity index (χ1) is 12.4. The Hall–Kier alpha value is -2.32. The number of methoxy groups -OCH3 is 2. The Morgan fingerprint density at radius 3 is 2.42 bits per heavy atom. The van der Waals surface area contributed by atoms with Crippen LogP contribution in [0.2, 0.25) is 0 Å². The summed E-state index contributed by atoms with van der Waals surface area (Å²) in [4.78, 5) is 25.8. The Labute approximate surface area is 154 Å². The number of amides is 2. The zero-order valence-electron chi connectivity index (χ0n) is 16.0. The molecule has 0 saturated carbocycles. The predicted molar refractivity (Wildman–Crippen MR) is 99.3 cm³/mol. The molecule has 0 aliphatic carbocycles. The van der Waals surface area contributed by atoms with Gasteiger partial charge < -0.3 is 19.7 Å². The van der Waals surface area contributed by atoms with E-state index in [4.69, 9.17) is 9.47 Å². The smallest absolute Gasteiger partial charge is 0.337 e. The van der Waals surface area contributed by atoms with Crippen molar-refractivity contribution in [1.29, 1.82) is 0 Å². The van der Waals surface area contributed by atoms with E-state index in [-0.39, 0.29) is 6.03 Å². The molecule has 1 heterocycles. The van der Waals surface area contributed by atoms with Crippen LogP contribution in [-0.4, -0.2) is 56.8 Å². The topological polar surface area (TPSA) is 91.9 Å². The Morgan fingerprint density at radius 1 is 1.19 bits per heavy atom. The second-order valence-corrected chi connectivity index (χ2v) is 6.58. The van der Waals surface area contributed by atoms with Crippen molar-refractivity contribution in [3.8, 4) is 5.75 Å². The first-order valence-corrected chi connectivity index (χ1v) is 8.67. The molecule has 8 heteroatoms. The van der Waals surface area contributed by atoms with Gasteiger partial charge in [0.25, 0.3) is 0 Å². The largest absolute Gasteiger partial charge is 0.495 e. The molecule has 2 rings (SSSR count). The van der Waals surface area contributed by atoms with E-state index in [1.54, 1.807) is 30.1 Å². The Balaban J connectivity index is 2.00. The summed E-state index contributed by atoms with van der Waals surface area (Å²) in [5.41, 5.74) is 7.21. The molecule has 0 aromatic heterocycles. The highest BCUT2D eigenvalue weighted by molar-refractivity contribution is 5.95. The summed E-state index contributed by atoms with van der Waals surface area (Å²) in [6.45, 7) is 4.88. The number of carbonyl (C=O) groups excluding carboxylic acids is 2. The van der Waals surface area contributed by atoms with Crippen molar-refractivity contribution in [1.82, 2.24) is 15.8 Å². The van der Waals surface area contributed by atoms with E-state index in [2.05, 4.69) is 30.0 Å². The van der Waals surface area contributed by atoms with Crippen LogP contribution in [-0.2, 0) is 4.74 Å². The van der Waals surface area contributed by atoms with Crippen molar-refractivity contribution in [2.75, 3.05) is 33.1 Å². The fraction of sp³-hybridized carbons (Fsp3) is 0.556. The van der Waals surface area contributed by atoms with E-state index in [1.165, 1.54) is 14.2 Å². The minimum absolute atomic E-state index is 0.260. The molecule has 26 heavy (non-hydrogen) atoms. The average Bonchev–Trinajstić information content (AvgIpc) is 2.96. The van der Waals surface area contributed by atoms with Gasteiger partial charge in [-0.1, -0.05) is 0 Å². The van der Waals surface area contributed by atoms with Crippen LogP contribution in [0.3, 0.4) is 0 Å². The summed E-state index contributed by atoms with van der Waals surface area (Å²) >= 11 is 0. The van der Waals surface area contributed by atoms with Crippen molar-refractivity contribution in [3.05, 3.63) is 23.8 Å². The average molecular weight is 364 g/mol. The first-order valence-electron chi connectivity index (χ1n) is 8.67. The highest BCUT2D eigenvalue weighted by atomic mass is 16.5. The lowest BCUT2D eigenvalue weighted by Gasteiger charge is -2.23. The third-order valence-corrected chi connectivity index (χ3v) is 4.83. The third-order valence-electron chi connectivity index (χ3n) is 4.83. The monoisotopic (exact) mass is 364 g/mol. The Bertz CT molecular complexity index is 642. The van der Waals surface area contributed by atoms with Crippen LogP contribution < -0.4 is 20.9 Å². The van der Waals surface area contributed by atoms with E-state index >= 15 is 0 Å². The van der Waals surface area contributed by atoms with Crippen molar-refractivity contribution in [2.45, 2.75) is 32.4 Å². The number of esters is 1. The molecule has 0 radical (unpaired) electrons. The van der Waals surface area contributed by atoms with Crippen LogP contribution in [0.4, 0.5) is 10.5 Å². The minimum atomic E-state index is -0.472. The fourth-order valence-corrected chi connectivity index (χ4v) is 3.12. The number of benzene rings is 1. The normalized spacial score (nSPS) is 22.0. The number of carbonyl (C=O) groups is 2. The number of anilines is 1. The molecule has 3 N–H and O–H groups in total. The molecule has 0 spiro atoms. The van der Waals surface area contributed by atoms with E-state index in [0.717, 1.165) is 6.42 Å². The molecule has 0 bridgehead atoms. The Morgan fingerprint density at radius 2 is 1.85 bits per heavy atom. The highest BCUT2D eigenvalue weighted by Gasteiger charge is 2.29. The maximum atomic E-state index is 12.5. The van der Waals surface area contributed by atoms with Gasteiger partial charge in [-0.2, -0.15) is 0 Å². The molecule has 2 amide bonds. The number of ether oxygens (including phenoxy) is 2. The van der Waals surface area contributed by atoms with Gasteiger partial charge in [0.15, 0.2) is 0 Å². The van der Waals surface area contributed by atoms with Gasteiger partial charge in [-0.25, -0.2) is 9.59 Å². The Kier molecular flexibility index (Phi) is 6.82. The number of hydrazine groups is 1. The molecule has 144 valence electrons. The van der Waals surface area contributed by atoms with E-state index in [9.17, 15) is 9.59 Å². The minimum Gasteiger partial charge on any atom is -0.495 e. The van der Waals surface area contributed by atoms with Crippen molar-refractivity contribution < 1.29 is 19.1 Å². The van der Waals surface area contributed by atoms with E-state index in [1.807, 2.05) is 0 Å². The number of nitrogens with one attached hydrogen (secondary N) is 3. The van der Waals surface area contributed by atoms with E-state index < -0.39 is 5.97 Å². The lowest BCUT2D eigenvalue weighted by molar-refractivity contribution is 0.0600. The summed E-state index contributed by atoms with van der Waals surface area (Å²) in [5, 5.41) is 2.80. The number of hydrogen-bond donors (Lipinski definition) is 3. The lowest BCUT2D eigenvalue weighted by atomic mass is 9.93. The summed E-state index contributed by atoms with van der Waals surface area (Å²) in [5.74, 6) is 0.453. The molecule has 1 fully saturated rings. The van der Waals surface area contributed by atoms with Gasteiger partial charge in [0.1, 0.15) is 5.75 Å². The maximum Gasteiger partial charge on any atom is 0.337 e. The first kappa shape index (κ1) is 20.0. The van der Waals surface area contributed by atoms with Crippen LogP contribution in [0.5, 0.6) is 5.75 Å². The van der Waals surface area contributed by atoms with Gasteiger partial charge in [0, 0.05) is 25.7 Å². The number of nitrogens with zero attached hydrogens (tertiary/aromatic N) is 1. The molecule has 1 aromatic carbocycles. The molecule has 8 nitrogen and oxygen atoms in total. The molecule has 1 aliphatic rings. The van der Waals surface area contributed by atoms with Gasteiger partial charge in [0.2, 0.25) is 0 Å². The van der Waals surface area contributed by atoms with Crippen LogP contribution in [0.25, 0.3) is 0 Å². The summed E-state index contributed by atoms with van der Waals surface area (Å²) < 4.78 is 9.98. The van der Waals surface area contributed by atoms with Crippen LogP contribution in [0, 0.1) is 5.92 Å². The molecule has 2 atom stereocenters. The van der Waals surface area contributed by atoms with E-state index in [0.29, 0.717) is 41.5 Å². The third kappa shape index (κ3) is 4.64. The molecule has 1 saturated heterocycles. The summed E-state index contributed by atoms with van der Waals surface area (Å²) in [6, 6.07) is 5.22. The van der Waals surface area contributed by atoms with Gasteiger partial charge in [-0.15, -0.1) is 0 Å². The quantitative estimate of drug-likeness (QED) is 0.667. The van der Waals surface area contributed by atoms with Crippen LogP contribution in [0.15, 0.2) is 18.2 Å². The molecule has 1 aromatic rings. The molecule has 2 unspecified atom stereocenters. The standard InChI is InChI=1S/C18H28N4O4/c1-11-14(12(2)21-20-11)8-9-22(3)18(24)19-15-10-13(17(23)26-5)6-7-16(15)25-4/h6-7,10-12,14,20-21H,8-9H2,1-5H3,(H,19,24). The van der Waals surface area contributed by atoms with Crippen molar-refractivity contribution in [3.63, 3.8) is 0 Å². The second kappa shape index (κ2) is 8.86. The fourth-order valence-electron chi connectivity index (χ4n) is 3.12. The molecule has 1 aliphatic heterocycles. The van der Waals surface area contributed by atoms with Gasteiger partial charge >= 0.3 is 12.0 Å². The number of urea groups is 1. The number of rotatable bonds is 6. The predicted octanol–water partition coefficient (Wildman–Crippen LogP) is 1.84. The van der Waals surface area contributed by atoms with Crippen LogP contribution >= 0.6 is 0 Å². The summed E-state index contributed by atoms with van der Waals surface area (Å²) in [6.07, 6.45) is 0.881. The van der Waals surface area contributed by atoms with Gasteiger partial charge in [-0.3, -0.25) is 10.9 Å². The molecular formula is C18H28N4O4. The SMILES string of the molecule is COC(=O)c1ccc(OC)c(NC(=O)N(C)CCC2C(C)NNC2C)c1.